The summed E-state index contributed by atoms with van der Waals surface area (Å²) in [7, 11) is 1.28. The molecule has 0 rings (SSSR count). The van der Waals surface area contributed by atoms with Gasteiger partial charge in [0.2, 0.25) is 0 Å². The van der Waals surface area contributed by atoms with Crippen LogP contribution in [0.1, 0.15) is 6.42 Å². The molecule has 0 spiro atoms. The number of nitrogens with one attached hydrogen (secondary N) is 1. The normalized spacial score (nSPS) is 11.3. The Bertz CT molecular complexity index is 146. The average molecular weight is 185 g/mol. The van der Waals surface area contributed by atoms with Crippen LogP contribution in [0, 0.1) is 5.41 Å². The molecule has 6 heteroatoms. The van der Waals surface area contributed by atoms with E-state index in [9.17, 15) is 13.2 Å². The summed E-state index contributed by atoms with van der Waals surface area (Å²) in [5.74, 6) is -0.0859. The fourth-order valence-electron chi connectivity index (χ4n) is 0.455. The van der Waals surface area contributed by atoms with Gasteiger partial charge in [-0.25, -0.2) is 0 Å². The van der Waals surface area contributed by atoms with Crippen molar-refractivity contribution < 1.29 is 22.6 Å². The van der Waals surface area contributed by atoms with Crippen molar-refractivity contribution in [3.05, 3.63) is 0 Å². The molecule has 0 saturated carbocycles. The van der Waals surface area contributed by atoms with E-state index in [-0.39, 0.29) is 18.9 Å². The molecule has 0 aliphatic heterocycles. The van der Waals surface area contributed by atoms with Crippen LogP contribution in [-0.2, 0) is 9.47 Å². The molecule has 0 unspecified atom stereocenters. The van der Waals surface area contributed by atoms with Crippen LogP contribution in [0.25, 0.3) is 0 Å². The van der Waals surface area contributed by atoms with Gasteiger partial charge in [-0.2, -0.15) is 13.2 Å². The molecule has 3 nitrogen and oxygen atoms in total. The Morgan fingerprint density at radius 2 is 2.00 bits per heavy atom. The van der Waals surface area contributed by atoms with Crippen LogP contribution in [-0.4, -0.2) is 32.4 Å². The summed E-state index contributed by atoms with van der Waals surface area (Å²) in [6.45, 7) is -1.42. The summed E-state index contributed by atoms with van der Waals surface area (Å²) in [6.07, 6.45) is -4.23. The van der Waals surface area contributed by atoms with Gasteiger partial charge in [0.15, 0.2) is 5.90 Å². The molecule has 0 amide bonds. The molecule has 0 radical (unpaired) electrons. The zero-order chi connectivity index (χ0) is 9.61. The molecule has 0 atom stereocenters. The molecular weight excluding hydrogens is 175 g/mol. The highest BCUT2D eigenvalue weighted by Crippen LogP contribution is 2.14. The van der Waals surface area contributed by atoms with Crippen molar-refractivity contribution in [3.63, 3.8) is 0 Å². The van der Waals surface area contributed by atoms with E-state index in [0.717, 1.165) is 0 Å². The Hall–Kier alpha value is -0.780. The standard InChI is InChI=1S/C6H10F3NO2/c1-11-5(10)2-3-12-4-6(7,8)9/h10H,2-4H2,1H3. The third-order valence-electron chi connectivity index (χ3n) is 0.986. The molecule has 0 fully saturated rings. The van der Waals surface area contributed by atoms with Crippen molar-refractivity contribution in [1.82, 2.24) is 0 Å². The van der Waals surface area contributed by atoms with Gasteiger partial charge in [0.05, 0.1) is 13.7 Å². The van der Waals surface area contributed by atoms with E-state index in [1.165, 1.54) is 7.11 Å². The van der Waals surface area contributed by atoms with E-state index >= 15 is 0 Å². The summed E-state index contributed by atoms with van der Waals surface area (Å²) in [6, 6.07) is 0. The fraction of sp³-hybridized carbons (Fsp3) is 0.833. The molecule has 0 aromatic heterocycles. The van der Waals surface area contributed by atoms with Gasteiger partial charge in [0.1, 0.15) is 6.61 Å². The Morgan fingerprint density at radius 1 is 1.42 bits per heavy atom. The molecule has 0 heterocycles. The van der Waals surface area contributed by atoms with Crippen LogP contribution in [0.5, 0.6) is 0 Å². The fourth-order valence-corrected chi connectivity index (χ4v) is 0.455. The predicted molar refractivity (Wildman–Crippen MR) is 36.2 cm³/mol. The average Bonchev–Trinajstić information content (AvgIpc) is 1.96. The summed E-state index contributed by atoms with van der Waals surface area (Å²) >= 11 is 0. The molecule has 0 aromatic rings. The maximum Gasteiger partial charge on any atom is 0.411 e. The van der Waals surface area contributed by atoms with Gasteiger partial charge in [-0.15, -0.1) is 0 Å². The highest BCUT2D eigenvalue weighted by molar-refractivity contribution is 5.72. The zero-order valence-electron chi connectivity index (χ0n) is 6.57. The topological polar surface area (TPSA) is 42.3 Å². The van der Waals surface area contributed by atoms with E-state index in [4.69, 9.17) is 5.41 Å². The van der Waals surface area contributed by atoms with Gasteiger partial charge < -0.3 is 9.47 Å². The van der Waals surface area contributed by atoms with Gasteiger partial charge in [-0.1, -0.05) is 0 Å². The molecule has 0 aliphatic rings. The third-order valence-corrected chi connectivity index (χ3v) is 0.986. The Balaban J connectivity index is 3.28. The number of halogens is 3. The zero-order valence-corrected chi connectivity index (χ0v) is 6.57. The molecule has 12 heavy (non-hydrogen) atoms. The SMILES string of the molecule is COC(=N)CCOCC(F)(F)F. The quantitative estimate of drug-likeness (QED) is 0.410. The van der Waals surface area contributed by atoms with Gasteiger partial charge >= 0.3 is 6.18 Å². The maximum atomic E-state index is 11.5. The van der Waals surface area contributed by atoms with Gasteiger partial charge in [0, 0.05) is 6.42 Å². The lowest BCUT2D eigenvalue weighted by molar-refractivity contribution is -0.173. The Morgan fingerprint density at radius 3 is 2.42 bits per heavy atom. The van der Waals surface area contributed by atoms with Crippen molar-refractivity contribution in [2.75, 3.05) is 20.3 Å². The van der Waals surface area contributed by atoms with E-state index in [0.29, 0.717) is 0 Å². The smallest absolute Gasteiger partial charge is 0.411 e. The van der Waals surface area contributed by atoms with Gasteiger partial charge in [-0.3, -0.25) is 5.41 Å². The lowest BCUT2D eigenvalue weighted by atomic mass is 10.4. The van der Waals surface area contributed by atoms with Crippen molar-refractivity contribution >= 4 is 5.90 Å². The minimum Gasteiger partial charge on any atom is -0.484 e. The van der Waals surface area contributed by atoms with Crippen LogP contribution < -0.4 is 0 Å². The van der Waals surface area contributed by atoms with E-state index in [1.54, 1.807) is 0 Å². The van der Waals surface area contributed by atoms with Crippen molar-refractivity contribution in [1.29, 1.82) is 5.41 Å². The highest BCUT2D eigenvalue weighted by Gasteiger charge is 2.27. The second-order valence-electron chi connectivity index (χ2n) is 2.05. The number of hydrogen-bond acceptors (Lipinski definition) is 3. The summed E-state index contributed by atoms with van der Waals surface area (Å²) in [5.41, 5.74) is 0. The third kappa shape index (κ3) is 7.33. The number of hydrogen-bond donors (Lipinski definition) is 1. The highest BCUT2D eigenvalue weighted by atomic mass is 19.4. The Kier molecular flexibility index (Phi) is 4.65. The van der Waals surface area contributed by atoms with Gasteiger partial charge in [0.25, 0.3) is 0 Å². The van der Waals surface area contributed by atoms with Gasteiger partial charge in [-0.05, 0) is 0 Å². The number of ether oxygens (including phenoxy) is 2. The first kappa shape index (κ1) is 11.2. The molecule has 0 bridgehead atoms. The van der Waals surface area contributed by atoms with E-state index in [1.807, 2.05) is 0 Å². The first-order valence-electron chi connectivity index (χ1n) is 3.21. The monoisotopic (exact) mass is 185 g/mol. The number of rotatable bonds is 4. The van der Waals surface area contributed by atoms with Crippen LogP contribution in [0.3, 0.4) is 0 Å². The second kappa shape index (κ2) is 4.97. The second-order valence-corrected chi connectivity index (χ2v) is 2.05. The number of methoxy groups -OCH3 is 1. The van der Waals surface area contributed by atoms with Crippen molar-refractivity contribution in [2.45, 2.75) is 12.6 Å². The molecule has 72 valence electrons. The predicted octanol–water partition coefficient (Wildman–Crippen LogP) is 1.58. The molecule has 0 aromatic carbocycles. The van der Waals surface area contributed by atoms with Crippen LogP contribution in [0.4, 0.5) is 13.2 Å². The van der Waals surface area contributed by atoms with E-state index in [2.05, 4.69) is 9.47 Å². The molecule has 0 saturated heterocycles. The number of alkyl halides is 3. The van der Waals surface area contributed by atoms with Crippen LogP contribution in [0.2, 0.25) is 0 Å². The minimum atomic E-state index is -4.30. The lowest BCUT2D eigenvalue weighted by Crippen LogP contribution is -2.18. The van der Waals surface area contributed by atoms with E-state index < -0.39 is 12.8 Å². The molecule has 0 aliphatic carbocycles. The first-order chi connectivity index (χ1) is 5.45. The van der Waals surface area contributed by atoms with Crippen LogP contribution >= 0.6 is 0 Å². The lowest BCUT2D eigenvalue weighted by Gasteiger charge is -2.07. The molecule has 1 N–H and O–H groups in total. The minimum absolute atomic E-state index is 0.0621. The molecular formula is C6H10F3NO2. The van der Waals surface area contributed by atoms with Crippen molar-refractivity contribution in [2.24, 2.45) is 0 Å². The van der Waals surface area contributed by atoms with Crippen LogP contribution in [0.15, 0.2) is 0 Å². The summed E-state index contributed by atoms with van der Waals surface area (Å²) in [5, 5.41) is 6.89. The Labute approximate surface area is 68.0 Å². The van der Waals surface area contributed by atoms with Crippen molar-refractivity contribution in [3.8, 4) is 0 Å². The maximum absolute atomic E-state index is 11.5. The summed E-state index contributed by atoms with van der Waals surface area (Å²) in [4.78, 5) is 0. The largest absolute Gasteiger partial charge is 0.484 e. The summed E-state index contributed by atoms with van der Waals surface area (Å²) < 4.78 is 43.0. The first-order valence-corrected chi connectivity index (χ1v) is 3.21.